The molecule has 166 valence electrons. The van der Waals surface area contributed by atoms with Crippen molar-refractivity contribution in [3.05, 3.63) is 108 Å². The van der Waals surface area contributed by atoms with Gasteiger partial charge in [0.15, 0.2) is 0 Å². The number of hydrogen-bond donors (Lipinski definition) is 0. The summed E-state index contributed by atoms with van der Waals surface area (Å²) in [5.41, 5.74) is 3.92. The number of rotatable bonds is 5. The molecular weight excluding hydrogens is 417 g/mol. The van der Waals surface area contributed by atoms with Crippen LogP contribution < -0.4 is 0 Å². The summed E-state index contributed by atoms with van der Waals surface area (Å²) in [5, 5.41) is 7.67. The van der Waals surface area contributed by atoms with Crippen molar-refractivity contribution in [1.29, 1.82) is 0 Å². The third-order valence-corrected chi connectivity index (χ3v) is 6.09. The van der Waals surface area contributed by atoms with E-state index in [9.17, 15) is 9.18 Å². The fraction of sp³-hybridized carbons (Fsp3) is 0.231. The van der Waals surface area contributed by atoms with Gasteiger partial charge in [0.05, 0.1) is 0 Å². The lowest BCUT2D eigenvalue weighted by Gasteiger charge is -2.32. The minimum atomic E-state index is -0.215. The minimum Gasteiger partial charge on any atom is -0.338 e. The minimum absolute atomic E-state index is 0.0112. The summed E-state index contributed by atoms with van der Waals surface area (Å²) < 4.78 is 15.8. The first-order chi connectivity index (χ1) is 16.2. The number of carbonyl (C=O) groups excluding carboxylic acids is 1. The number of carbonyl (C=O) groups is 1. The summed E-state index contributed by atoms with van der Waals surface area (Å²) in [6.45, 7) is 1.34. The zero-order valence-corrected chi connectivity index (χ0v) is 18.1. The maximum Gasteiger partial charge on any atom is 0.253 e. The number of likely N-dealkylation sites (tertiary alicyclic amines) is 1. The zero-order valence-electron chi connectivity index (χ0n) is 18.1. The highest BCUT2D eigenvalue weighted by Crippen LogP contribution is 2.27. The first-order valence-corrected chi connectivity index (χ1v) is 11.1. The summed E-state index contributed by atoms with van der Waals surface area (Å²) in [6, 6.07) is 20.2. The molecule has 1 aliphatic heterocycles. The van der Waals surface area contributed by atoms with Crippen LogP contribution in [-0.4, -0.2) is 43.6 Å². The second-order valence-corrected chi connectivity index (χ2v) is 8.33. The number of halogens is 1. The number of nitrogens with zero attached hydrogens (tertiary/aromatic N) is 5. The van der Waals surface area contributed by atoms with Gasteiger partial charge in [0, 0.05) is 48.1 Å². The van der Waals surface area contributed by atoms with Gasteiger partial charge in [-0.15, -0.1) is 10.2 Å². The van der Waals surface area contributed by atoms with E-state index in [0.717, 1.165) is 36.5 Å². The second-order valence-electron chi connectivity index (χ2n) is 8.33. The molecule has 4 aromatic rings. The Morgan fingerprint density at radius 1 is 1.00 bits per heavy atom. The average Bonchev–Trinajstić information content (AvgIpc) is 3.41. The molecule has 0 spiro atoms. The van der Waals surface area contributed by atoms with Gasteiger partial charge in [0.1, 0.15) is 18.5 Å². The average molecular weight is 442 g/mol. The van der Waals surface area contributed by atoms with E-state index in [-0.39, 0.29) is 17.6 Å². The van der Waals surface area contributed by atoms with E-state index >= 15 is 0 Å². The van der Waals surface area contributed by atoms with Crippen LogP contribution in [0.3, 0.4) is 0 Å². The molecule has 7 heteroatoms. The summed E-state index contributed by atoms with van der Waals surface area (Å²) in [6.07, 6.45) is 5.56. The zero-order chi connectivity index (χ0) is 22.6. The van der Waals surface area contributed by atoms with E-state index < -0.39 is 0 Å². The Morgan fingerprint density at radius 3 is 2.67 bits per heavy atom. The molecule has 1 fully saturated rings. The van der Waals surface area contributed by atoms with Crippen LogP contribution in [0.2, 0.25) is 0 Å². The molecule has 1 saturated heterocycles. The number of pyridine rings is 1. The first-order valence-electron chi connectivity index (χ1n) is 11.1. The fourth-order valence-corrected chi connectivity index (χ4v) is 4.38. The van der Waals surface area contributed by atoms with Gasteiger partial charge in [-0.3, -0.25) is 14.3 Å². The predicted octanol–water partition coefficient (Wildman–Crippen LogP) is 4.41. The Labute approximate surface area is 191 Å². The van der Waals surface area contributed by atoms with Crippen LogP contribution in [-0.2, 0) is 6.42 Å². The molecule has 33 heavy (non-hydrogen) atoms. The SMILES string of the molecule is O=C(c1cccc(-n2cnnc2)c1)N1CCCC(c2cccc(Cc3ccccc3F)n2)C1. The van der Waals surface area contributed by atoms with Crippen molar-refractivity contribution in [1.82, 2.24) is 24.6 Å². The van der Waals surface area contributed by atoms with Crippen LogP contribution in [0.15, 0.2) is 79.4 Å². The van der Waals surface area contributed by atoms with Gasteiger partial charge in [-0.05, 0) is 54.8 Å². The van der Waals surface area contributed by atoms with E-state index in [4.69, 9.17) is 4.98 Å². The second kappa shape index (κ2) is 9.32. The lowest BCUT2D eigenvalue weighted by molar-refractivity contribution is 0.0706. The molecule has 1 unspecified atom stereocenters. The van der Waals surface area contributed by atoms with Gasteiger partial charge in [-0.2, -0.15) is 0 Å². The third-order valence-electron chi connectivity index (χ3n) is 6.09. The van der Waals surface area contributed by atoms with E-state index in [0.29, 0.717) is 24.1 Å². The van der Waals surface area contributed by atoms with Crippen molar-refractivity contribution < 1.29 is 9.18 Å². The maximum atomic E-state index is 14.1. The Kier molecular flexibility index (Phi) is 5.93. The van der Waals surface area contributed by atoms with E-state index in [1.165, 1.54) is 6.07 Å². The normalized spacial score (nSPS) is 16.0. The van der Waals surface area contributed by atoms with Crippen molar-refractivity contribution in [3.63, 3.8) is 0 Å². The smallest absolute Gasteiger partial charge is 0.253 e. The lowest BCUT2D eigenvalue weighted by atomic mass is 9.93. The number of aromatic nitrogens is 4. The standard InChI is InChI=1S/C26H24FN5O/c27-24-11-2-1-6-19(24)14-22-9-4-12-25(30-22)21-8-5-13-31(16-21)26(33)20-7-3-10-23(15-20)32-17-28-29-18-32/h1-4,6-7,9-12,15,17-18,21H,5,8,13-14,16H2. The van der Waals surface area contributed by atoms with Gasteiger partial charge in [0.2, 0.25) is 0 Å². The third kappa shape index (κ3) is 4.67. The maximum absolute atomic E-state index is 14.1. The monoisotopic (exact) mass is 441 g/mol. The van der Waals surface area contributed by atoms with Crippen molar-refractivity contribution in [3.8, 4) is 5.69 Å². The van der Waals surface area contributed by atoms with Crippen molar-refractivity contribution in [2.45, 2.75) is 25.2 Å². The van der Waals surface area contributed by atoms with E-state index in [1.807, 2.05) is 53.4 Å². The molecule has 1 atom stereocenters. The highest BCUT2D eigenvalue weighted by Gasteiger charge is 2.26. The topological polar surface area (TPSA) is 63.9 Å². The molecule has 1 aliphatic rings. The van der Waals surface area contributed by atoms with Crippen molar-refractivity contribution in [2.24, 2.45) is 0 Å². The molecule has 0 radical (unpaired) electrons. The van der Waals surface area contributed by atoms with Gasteiger partial charge in [-0.1, -0.05) is 30.3 Å². The summed E-state index contributed by atoms with van der Waals surface area (Å²) in [4.78, 5) is 20.0. The number of piperidine rings is 1. The van der Waals surface area contributed by atoms with E-state index in [1.54, 1.807) is 29.4 Å². The molecule has 5 rings (SSSR count). The van der Waals surface area contributed by atoms with Crippen molar-refractivity contribution in [2.75, 3.05) is 13.1 Å². The number of hydrogen-bond acceptors (Lipinski definition) is 4. The summed E-state index contributed by atoms with van der Waals surface area (Å²) >= 11 is 0. The molecule has 1 amide bonds. The highest BCUT2D eigenvalue weighted by atomic mass is 19.1. The highest BCUT2D eigenvalue weighted by molar-refractivity contribution is 5.94. The molecule has 6 nitrogen and oxygen atoms in total. The number of amides is 1. The molecule has 0 saturated carbocycles. The van der Waals surface area contributed by atoms with Crippen LogP contribution in [0.1, 0.15) is 46.1 Å². The predicted molar refractivity (Wildman–Crippen MR) is 123 cm³/mol. The Morgan fingerprint density at radius 2 is 1.82 bits per heavy atom. The van der Waals surface area contributed by atoms with Crippen LogP contribution in [0.5, 0.6) is 0 Å². The Balaban J connectivity index is 1.32. The van der Waals surface area contributed by atoms with Gasteiger partial charge in [-0.25, -0.2) is 4.39 Å². The lowest BCUT2D eigenvalue weighted by Crippen LogP contribution is -2.39. The quantitative estimate of drug-likeness (QED) is 0.460. The summed E-state index contributed by atoms with van der Waals surface area (Å²) in [7, 11) is 0. The Bertz CT molecular complexity index is 1260. The van der Waals surface area contributed by atoms with Crippen LogP contribution in [0.4, 0.5) is 4.39 Å². The molecular formula is C26H24FN5O. The van der Waals surface area contributed by atoms with Crippen LogP contribution >= 0.6 is 0 Å². The van der Waals surface area contributed by atoms with Crippen LogP contribution in [0.25, 0.3) is 5.69 Å². The van der Waals surface area contributed by atoms with Gasteiger partial charge < -0.3 is 4.90 Å². The molecule has 2 aromatic carbocycles. The largest absolute Gasteiger partial charge is 0.338 e. The van der Waals surface area contributed by atoms with Crippen molar-refractivity contribution >= 4 is 5.91 Å². The summed E-state index contributed by atoms with van der Waals surface area (Å²) in [5.74, 6) is -0.0470. The van der Waals surface area contributed by atoms with E-state index in [2.05, 4.69) is 10.2 Å². The molecule has 0 N–H and O–H groups in total. The molecule has 0 aliphatic carbocycles. The Hall–Kier alpha value is -3.87. The first kappa shape index (κ1) is 21.0. The fourth-order valence-electron chi connectivity index (χ4n) is 4.38. The van der Waals surface area contributed by atoms with Crippen LogP contribution in [0, 0.1) is 5.82 Å². The number of benzene rings is 2. The van der Waals surface area contributed by atoms with Gasteiger partial charge >= 0.3 is 0 Å². The molecule has 0 bridgehead atoms. The van der Waals surface area contributed by atoms with Gasteiger partial charge in [0.25, 0.3) is 5.91 Å². The molecule has 3 heterocycles. The molecule has 2 aromatic heterocycles.